The summed E-state index contributed by atoms with van der Waals surface area (Å²) >= 11 is 3.19. The third-order valence-electron chi connectivity index (χ3n) is 1.84. The lowest BCUT2D eigenvalue weighted by molar-refractivity contribution is 0.0600. The molecule has 1 rings (SSSR count). The summed E-state index contributed by atoms with van der Waals surface area (Å²) in [6, 6.07) is 5.01. The first kappa shape index (κ1) is 11.5. The highest BCUT2D eigenvalue weighted by Crippen LogP contribution is 2.30. The Labute approximate surface area is 95.5 Å². The highest BCUT2D eigenvalue weighted by atomic mass is 79.9. The zero-order chi connectivity index (χ0) is 11.4. The Kier molecular flexibility index (Phi) is 3.69. The maximum absolute atomic E-state index is 11.3. The van der Waals surface area contributed by atoms with Crippen molar-refractivity contribution in [3.05, 3.63) is 27.7 Å². The number of benzene rings is 1. The van der Waals surface area contributed by atoms with Gasteiger partial charge in [0, 0.05) is 0 Å². The van der Waals surface area contributed by atoms with Crippen molar-refractivity contribution in [3.8, 4) is 11.8 Å². The first-order chi connectivity index (χ1) is 7.15. The molecule has 0 N–H and O–H groups in total. The number of nitriles is 1. The van der Waals surface area contributed by atoms with Gasteiger partial charge in [0.15, 0.2) is 0 Å². The predicted octanol–water partition coefficient (Wildman–Crippen LogP) is 2.12. The number of nitrogens with zero attached hydrogens (tertiary/aromatic N) is 1. The molecule has 0 aliphatic carbocycles. The van der Waals surface area contributed by atoms with Gasteiger partial charge in [-0.2, -0.15) is 5.26 Å². The van der Waals surface area contributed by atoms with Crippen LogP contribution >= 0.6 is 15.9 Å². The summed E-state index contributed by atoms with van der Waals surface area (Å²) in [5.41, 5.74) is 0.425. The minimum atomic E-state index is -0.546. The van der Waals surface area contributed by atoms with Crippen LogP contribution in [-0.4, -0.2) is 20.2 Å². The lowest BCUT2D eigenvalue weighted by Gasteiger charge is -2.07. The first-order valence-corrected chi connectivity index (χ1v) is 4.80. The second kappa shape index (κ2) is 4.80. The molecule has 1 aromatic carbocycles. The van der Waals surface area contributed by atoms with Crippen molar-refractivity contribution >= 4 is 21.9 Å². The quantitative estimate of drug-likeness (QED) is 0.772. The molecule has 0 aliphatic rings. The average molecular weight is 270 g/mol. The number of ether oxygens (including phenoxy) is 2. The van der Waals surface area contributed by atoms with Gasteiger partial charge >= 0.3 is 5.97 Å². The summed E-state index contributed by atoms with van der Waals surface area (Å²) < 4.78 is 10.0. The van der Waals surface area contributed by atoms with Gasteiger partial charge in [0.1, 0.15) is 11.8 Å². The number of halogens is 1. The minimum Gasteiger partial charge on any atom is -0.496 e. The molecular weight excluding hydrogens is 262 g/mol. The molecule has 0 saturated heterocycles. The number of carbonyl (C=O) groups excluding carboxylic acids is 1. The molecule has 4 nitrogen and oxygen atoms in total. The van der Waals surface area contributed by atoms with E-state index in [-0.39, 0.29) is 11.1 Å². The molecule has 0 amide bonds. The van der Waals surface area contributed by atoms with Crippen LogP contribution in [-0.2, 0) is 4.74 Å². The van der Waals surface area contributed by atoms with Crippen molar-refractivity contribution in [2.24, 2.45) is 0 Å². The molecule has 0 atom stereocenters. The van der Waals surface area contributed by atoms with Crippen LogP contribution in [0.5, 0.6) is 5.75 Å². The van der Waals surface area contributed by atoms with Crippen molar-refractivity contribution in [1.82, 2.24) is 0 Å². The highest BCUT2D eigenvalue weighted by molar-refractivity contribution is 9.10. The fraction of sp³-hybridized carbons (Fsp3) is 0.200. The standard InChI is InChI=1S/C10H8BrNO3/c1-14-8-4-3-6(10(13)15-2)7(5-12)9(8)11/h3-4H,1-2H3. The van der Waals surface area contributed by atoms with Crippen molar-refractivity contribution in [3.63, 3.8) is 0 Å². The zero-order valence-corrected chi connectivity index (χ0v) is 9.79. The molecule has 0 radical (unpaired) electrons. The lowest BCUT2D eigenvalue weighted by Crippen LogP contribution is -2.05. The van der Waals surface area contributed by atoms with Gasteiger partial charge in [-0.15, -0.1) is 0 Å². The molecule has 0 aromatic heterocycles. The van der Waals surface area contributed by atoms with Crippen LogP contribution in [0, 0.1) is 11.3 Å². The first-order valence-electron chi connectivity index (χ1n) is 4.00. The smallest absolute Gasteiger partial charge is 0.339 e. The van der Waals surface area contributed by atoms with Gasteiger partial charge < -0.3 is 9.47 Å². The van der Waals surface area contributed by atoms with E-state index in [9.17, 15) is 4.79 Å². The monoisotopic (exact) mass is 269 g/mol. The summed E-state index contributed by atoms with van der Waals surface area (Å²) in [7, 11) is 2.75. The van der Waals surface area contributed by atoms with Gasteiger partial charge in [-0.1, -0.05) is 0 Å². The van der Waals surface area contributed by atoms with Crippen molar-refractivity contribution in [2.45, 2.75) is 0 Å². The second-order valence-corrected chi connectivity index (χ2v) is 3.40. The van der Waals surface area contributed by atoms with E-state index in [2.05, 4.69) is 20.7 Å². The molecule has 0 heterocycles. The van der Waals surface area contributed by atoms with Gasteiger partial charge in [0.05, 0.1) is 29.8 Å². The van der Waals surface area contributed by atoms with Crippen LogP contribution < -0.4 is 4.74 Å². The number of methoxy groups -OCH3 is 2. The summed E-state index contributed by atoms with van der Waals surface area (Å²) in [5.74, 6) is -0.0471. The number of hydrogen-bond donors (Lipinski definition) is 0. The molecule has 0 unspecified atom stereocenters. The summed E-state index contributed by atoms with van der Waals surface area (Å²) in [5, 5.41) is 8.92. The molecule has 0 bridgehead atoms. The van der Waals surface area contributed by atoms with E-state index in [1.165, 1.54) is 20.3 Å². The van der Waals surface area contributed by atoms with Crippen LogP contribution in [0.4, 0.5) is 0 Å². The van der Waals surface area contributed by atoms with Gasteiger partial charge in [-0.25, -0.2) is 4.79 Å². The maximum atomic E-state index is 11.3. The Morgan fingerprint density at radius 3 is 2.60 bits per heavy atom. The molecule has 0 fully saturated rings. The summed E-state index contributed by atoms with van der Waals surface area (Å²) in [4.78, 5) is 11.3. The molecular formula is C10H8BrNO3. The minimum absolute atomic E-state index is 0.209. The van der Waals surface area contributed by atoms with E-state index >= 15 is 0 Å². The van der Waals surface area contributed by atoms with E-state index in [0.29, 0.717) is 10.2 Å². The van der Waals surface area contributed by atoms with Crippen LogP contribution in [0.2, 0.25) is 0 Å². The van der Waals surface area contributed by atoms with Crippen LogP contribution in [0.15, 0.2) is 16.6 Å². The average Bonchev–Trinajstić information content (AvgIpc) is 2.27. The van der Waals surface area contributed by atoms with E-state index in [4.69, 9.17) is 10.00 Å². The van der Waals surface area contributed by atoms with Crippen LogP contribution in [0.3, 0.4) is 0 Å². The van der Waals surface area contributed by atoms with E-state index in [1.807, 2.05) is 6.07 Å². The highest BCUT2D eigenvalue weighted by Gasteiger charge is 2.17. The number of rotatable bonds is 2. The Hall–Kier alpha value is -1.54. The van der Waals surface area contributed by atoms with E-state index < -0.39 is 5.97 Å². The Morgan fingerprint density at radius 2 is 2.13 bits per heavy atom. The largest absolute Gasteiger partial charge is 0.496 e. The third kappa shape index (κ3) is 2.10. The molecule has 5 heteroatoms. The SMILES string of the molecule is COC(=O)c1ccc(OC)c(Br)c1C#N. The normalized spacial score (nSPS) is 9.20. The molecule has 15 heavy (non-hydrogen) atoms. The zero-order valence-electron chi connectivity index (χ0n) is 8.20. The predicted molar refractivity (Wildman–Crippen MR) is 56.7 cm³/mol. The Bertz CT molecular complexity index is 437. The van der Waals surface area contributed by atoms with Crippen LogP contribution in [0.1, 0.15) is 15.9 Å². The summed E-state index contributed by atoms with van der Waals surface area (Å²) in [6.07, 6.45) is 0. The summed E-state index contributed by atoms with van der Waals surface area (Å²) in [6.45, 7) is 0. The fourth-order valence-corrected chi connectivity index (χ4v) is 1.70. The second-order valence-electron chi connectivity index (χ2n) is 2.61. The molecule has 1 aromatic rings. The molecule has 0 aliphatic heterocycles. The Morgan fingerprint density at radius 1 is 1.47 bits per heavy atom. The maximum Gasteiger partial charge on any atom is 0.339 e. The van der Waals surface area contributed by atoms with Gasteiger partial charge in [0.2, 0.25) is 0 Å². The van der Waals surface area contributed by atoms with Gasteiger partial charge in [-0.3, -0.25) is 0 Å². The number of hydrogen-bond acceptors (Lipinski definition) is 4. The topological polar surface area (TPSA) is 59.3 Å². The van der Waals surface area contributed by atoms with Gasteiger partial charge in [0.25, 0.3) is 0 Å². The van der Waals surface area contributed by atoms with Crippen LogP contribution in [0.25, 0.3) is 0 Å². The number of esters is 1. The molecule has 78 valence electrons. The number of carbonyl (C=O) groups is 1. The van der Waals surface area contributed by atoms with E-state index in [0.717, 1.165) is 0 Å². The van der Waals surface area contributed by atoms with Gasteiger partial charge in [-0.05, 0) is 28.1 Å². The van der Waals surface area contributed by atoms with Crippen molar-refractivity contribution in [1.29, 1.82) is 5.26 Å². The Balaban J connectivity index is 3.39. The lowest BCUT2D eigenvalue weighted by atomic mass is 10.1. The third-order valence-corrected chi connectivity index (χ3v) is 2.63. The van der Waals surface area contributed by atoms with E-state index in [1.54, 1.807) is 6.07 Å². The fourth-order valence-electron chi connectivity index (χ4n) is 1.10. The van der Waals surface area contributed by atoms with Crippen molar-refractivity contribution in [2.75, 3.05) is 14.2 Å². The molecule has 0 spiro atoms. The molecule has 0 saturated carbocycles. The van der Waals surface area contributed by atoms with Crippen molar-refractivity contribution < 1.29 is 14.3 Å².